The Labute approximate surface area is 126 Å². The molecule has 2 aromatic rings. The summed E-state index contributed by atoms with van der Waals surface area (Å²) in [6, 6.07) is 20.6. The lowest BCUT2D eigenvalue weighted by molar-refractivity contribution is -0.125. The fourth-order valence-corrected chi connectivity index (χ4v) is 3.15. The van der Waals surface area contributed by atoms with E-state index in [2.05, 4.69) is 29.6 Å². The van der Waals surface area contributed by atoms with Crippen molar-refractivity contribution >= 4 is 11.5 Å². The van der Waals surface area contributed by atoms with Gasteiger partial charge in [-0.3, -0.25) is 4.79 Å². The maximum atomic E-state index is 12.4. The Bertz CT molecular complexity index is 579. The van der Waals surface area contributed by atoms with Crippen molar-refractivity contribution in [1.82, 2.24) is 0 Å². The lowest BCUT2D eigenvalue weighted by atomic mass is 9.80. The van der Waals surface area contributed by atoms with Crippen LogP contribution in [0.3, 0.4) is 0 Å². The van der Waals surface area contributed by atoms with Gasteiger partial charge in [-0.25, -0.2) is 0 Å². The number of hydrogen-bond acceptors (Lipinski definition) is 2. The van der Waals surface area contributed by atoms with Crippen molar-refractivity contribution in [3.8, 4) is 0 Å². The zero-order chi connectivity index (χ0) is 14.5. The smallest absolute Gasteiger partial charge is 0.138 e. The van der Waals surface area contributed by atoms with Crippen LogP contribution >= 0.6 is 0 Å². The molecule has 0 radical (unpaired) electrons. The number of nitrogens with one attached hydrogen (secondary N) is 1. The molecule has 2 unspecified atom stereocenters. The number of ketones is 1. The summed E-state index contributed by atoms with van der Waals surface area (Å²) in [5.74, 6) is 0.486. The number of hydrogen-bond donors (Lipinski definition) is 1. The second kappa shape index (κ2) is 6.57. The molecule has 2 nitrogen and oxygen atoms in total. The van der Waals surface area contributed by atoms with E-state index < -0.39 is 0 Å². The average molecular weight is 279 g/mol. The summed E-state index contributed by atoms with van der Waals surface area (Å²) in [6.07, 6.45) is 3.90. The summed E-state index contributed by atoms with van der Waals surface area (Å²) in [5.41, 5.74) is 2.27. The molecule has 1 N–H and O–H groups in total. The van der Waals surface area contributed by atoms with Gasteiger partial charge in [-0.15, -0.1) is 0 Å². The third-order valence-corrected chi connectivity index (χ3v) is 4.26. The topological polar surface area (TPSA) is 29.1 Å². The molecule has 108 valence electrons. The monoisotopic (exact) mass is 279 g/mol. The zero-order valence-electron chi connectivity index (χ0n) is 12.2. The highest BCUT2D eigenvalue weighted by Crippen LogP contribution is 2.34. The van der Waals surface area contributed by atoms with Crippen LogP contribution in [0.1, 0.15) is 37.3 Å². The SMILES string of the molecule is O=C1CCCCC1C(Nc1ccccc1)c1ccccc1. The third-order valence-electron chi connectivity index (χ3n) is 4.26. The van der Waals surface area contributed by atoms with Crippen molar-refractivity contribution in [2.24, 2.45) is 5.92 Å². The Balaban J connectivity index is 1.89. The van der Waals surface area contributed by atoms with E-state index in [0.717, 1.165) is 31.4 Å². The predicted molar refractivity (Wildman–Crippen MR) is 86.2 cm³/mol. The molecule has 2 atom stereocenters. The first-order chi connectivity index (χ1) is 10.3. The van der Waals surface area contributed by atoms with Gasteiger partial charge in [0.15, 0.2) is 0 Å². The van der Waals surface area contributed by atoms with Gasteiger partial charge in [-0.1, -0.05) is 55.0 Å². The van der Waals surface area contributed by atoms with E-state index in [1.54, 1.807) is 0 Å². The van der Waals surface area contributed by atoms with E-state index in [1.807, 2.05) is 36.4 Å². The Kier molecular flexibility index (Phi) is 4.34. The molecule has 0 spiro atoms. The van der Waals surface area contributed by atoms with Gasteiger partial charge >= 0.3 is 0 Å². The number of carbonyl (C=O) groups is 1. The molecule has 0 amide bonds. The van der Waals surface area contributed by atoms with Crippen LogP contribution in [0.25, 0.3) is 0 Å². The molecule has 2 aromatic carbocycles. The third kappa shape index (κ3) is 3.33. The molecule has 0 aliphatic heterocycles. The maximum Gasteiger partial charge on any atom is 0.138 e. The number of anilines is 1. The molecular formula is C19H21NO. The Morgan fingerprint density at radius 3 is 2.24 bits per heavy atom. The summed E-state index contributed by atoms with van der Waals surface area (Å²) < 4.78 is 0. The first-order valence-corrected chi connectivity index (χ1v) is 7.74. The second-order valence-corrected chi connectivity index (χ2v) is 5.72. The highest BCUT2D eigenvalue weighted by Gasteiger charge is 2.31. The van der Waals surface area contributed by atoms with Crippen molar-refractivity contribution in [2.45, 2.75) is 31.7 Å². The number of carbonyl (C=O) groups excluding carboxylic acids is 1. The van der Waals surface area contributed by atoms with Gasteiger partial charge in [0.25, 0.3) is 0 Å². The Morgan fingerprint density at radius 2 is 1.57 bits per heavy atom. The van der Waals surface area contributed by atoms with Crippen LogP contribution in [0.5, 0.6) is 0 Å². The van der Waals surface area contributed by atoms with E-state index in [-0.39, 0.29) is 12.0 Å². The van der Waals surface area contributed by atoms with Crippen LogP contribution in [-0.2, 0) is 4.79 Å². The molecule has 2 heteroatoms. The van der Waals surface area contributed by atoms with Gasteiger partial charge < -0.3 is 5.32 Å². The molecule has 0 bridgehead atoms. The number of benzene rings is 2. The average Bonchev–Trinajstić information content (AvgIpc) is 2.55. The molecular weight excluding hydrogens is 258 g/mol. The van der Waals surface area contributed by atoms with Crippen LogP contribution in [0.4, 0.5) is 5.69 Å². The second-order valence-electron chi connectivity index (χ2n) is 5.72. The number of rotatable bonds is 4. The van der Waals surface area contributed by atoms with Crippen molar-refractivity contribution in [3.63, 3.8) is 0 Å². The van der Waals surface area contributed by atoms with Gasteiger partial charge in [0.05, 0.1) is 6.04 Å². The summed E-state index contributed by atoms with van der Waals surface area (Å²) in [4.78, 5) is 12.4. The molecule has 0 aromatic heterocycles. The summed E-state index contributed by atoms with van der Waals surface area (Å²) in [5, 5.41) is 3.57. The lowest BCUT2D eigenvalue weighted by Gasteiger charge is -2.31. The van der Waals surface area contributed by atoms with Crippen molar-refractivity contribution in [2.75, 3.05) is 5.32 Å². The first-order valence-electron chi connectivity index (χ1n) is 7.74. The van der Waals surface area contributed by atoms with Gasteiger partial charge in [-0.2, -0.15) is 0 Å². The minimum atomic E-state index is 0.0707. The van der Waals surface area contributed by atoms with Crippen LogP contribution < -0.4 is 5.32 Å². The van der Waals surface area contributed by atoms with Crippen LogP contribution in [0.2, 0.25) is 0 Å². The van der Waals surface area contributed by atoms with E-state index in [4.69, 9.17) is 0 Å². The zero-order valence-corrected chi connectivity index (χ0v) is 12.2. The Hall–Kier alpha value is -2.09. The minimum Gasteiger partial charge on any atom is -0.378 e. The van der Waals surface area contributed by atoms with E-state index >= 15 is 0 Å². The Morgan fingerprint density at radius 1 is 0.905 bits per heavy atom. The molecule has 1 saturated carbocycles. The summed E-state index contributed by atoms with van der Waals surface area (Å²) >= 11 is 0. The highest BCUT2D eigenvalue weighted by molar-refractivity contribution is 5.83. The molecule has 0 heterocycles. The van der Waals surface area contributed by atoms with Crippen molar-refractivity contribution in [3.05, 3.63) is 66.2 Å². The minimum absolute atomic E-state index is 0.0707. The lowest BCUT2D eigenvalue weighted by Crippen LogP contribution is -2.30. The normalized spacial score (nSPS) is 20.0. The van der Waals surface area contributed by atoms with Gasteiger partial charge in [0.1, 0.15) is 5.78 Å². The number of para-hydroxylation sites is 1. The largest absolute Gasteiger partial charge is 0.378 e. The van der Waals surface area contributed by atoms with Crippen LogP contribution in [-0.4, -0.2) is 5.78 Å². The molecule has 0 saturated heterocycles. The quantitative estimate of drug-likeness (QED) is 0.886. The van der Waals surface area contributed by atoms with Gasteiger partial charge in [0.2, 0.25) is 0 Å². The fraction of sp³-hybridized carbons (Fsp3) is 0.316. The van der Waals surface area contributed by atoms with E-state index in [1.165, 1.54) is 5.56 Å². The standard InChI is InChI=1S/C19H21NO/c21-18-14-8-7-13-17(18)19(15-9-3-1-4-10-15)20-16-11-5-2-6-12-16/h1-6,9-12,17,19-20H,7-8,13-14H2. The maximum absolute atomic E-state index is 12.4. The van der Waals surface area contributed by atoms with Crippen LogP contribution in [0, 0.1) is 5.92 Å². The highest BCUT2D eigenvalue weighted by atomic mass is 16.1. The number of Topliss-reactive ketones (excluding diaryl/α,β-unsaturated/α-hetero) is 1. The van der Waals surface area contributed by atoms with Gasteiger partial charge in [-0.05, 0) is 30.5 Å². The van der Waals surface area contributed by atoms with E-state index in [9.17, 15) is 4.79 Å². The molecule has 21 heavy (non-hydrogen) atoms. The van der Waals surface area contributed by atoms with Crippen molar-refractivity contribution in [1.29, 1.82) is 0 Å². The molecule has 3 rings (SSSR count). The van der Waals surface area contributed by atoms with E-state index in [0.29, 0.717) is 5.78 Å². The van der Waals surface area contributed by atoms with Gasteiger partial charge in [0, 0.05) is 18.0 Å². The first kappa shape index (κ1) is 13.9. The van der Waals surface area contributed by atoms with Crippen LogP contribution in [0.15, 0.2) is 60.7 Å². The molecule has 1 aliphatic carbocycles. The predicted octanol–water partition coefficient (Wildman–Crippen LogP) is 4.60. The molecule has 1 fully saturated rings. The molecule has 1 aliphatic rings. The summed E-state index contributed by atoms with van der Waals surface area (Å²) in [6.45, 7) is 0. The van der Waals surface area contributed by atoms with Crippen molar-refractivity contribution < 1.29 is 4.79 Å². The summed E-state index contributed by atoms with van der Waals surface area (Å²) in [7, 11) is 0. The fourth-order valence-electron chi connectivity index (χ4n) is 3.15.